The smallest absolute Gasteiger partial charge is 0.244 e. The minimum Gasteiger partial charge on any atom is -0.345 e. The maximum atomic E-state index is 13.0. The molecule has 0 radical (unpaired) electrons. The van der Waals surface area contributed by atoms with Crippen LogP contribution in [0.3, 0.4) is 0 Å². The van der Waals surface area contributed by atoms with Crippen LogP contribution in [0.5, 0.6) is 0 Å². The van der Waals surface area contributed by atoms with Crippen LogP contribution in [0.25, 0.3) is 6.08 Å². The van der Waals surface area contributed by atoms with Crippen LogP contribution in [0.2, 0.25) is 0 Å². The highest BCUT2D eigenvalue weighted by molar-refractivity contribution is 5.92. The molecule has 0 bridgehead atoms. The molecule has 0 aromatic heterocycles. The molecule has 0 unspecified atom stereocenters. The highest BCUT2D eigenvalue weighted by Gasteiger charge is 2.17. The molecule has 0 aliphatic heterocycles. The third-order valence-electron chi connectivity index (χ3n) is 3.42. The number of carbonyl (C=O) groups is 1. The van der Waals surface area contributed by atoms with Gasteiger partial charge in [0.1, 0.15) is 5.82 Å². The zero-order chi connectivity index (χ0) is 15.9. The largest absolute Gasteiger partial charge is 0.345 e. The number of rotatable bonds is 5. The van der Waals surface area contributed by atoms with E-state index in [1.54, 1.807) is 18.2 Å². The number of hydrogen-bond acceptors (Lipinski definition) is 1. The molecule has 2 rings (SSSR count). The van der Waals surface area contributed by atoms with E-state index in [-0.39, 0.29) is 23.7 Å². The molecule has 2 aromatic rings. The van der Waals surface area contributed by atoms with Gasteiger partial charge < -0.3 is 5.32 Å². The van der Waals surface area contributed by atoms with Crippen molar-refractivity contribution in [3.63, 3.8) is 0 Å². The zero-order valence-corrected chi connectivity index (χ0v) is 12.8. The lowest BCUT2D eigenvalue weighted by Gasteiger charge is -2.22. The summed E-state index contributed by atoms with van der Waals surface area (Å²) >= 11 is 0. The van der Waals surface area contributed by atoms with Gasteiger partial charge in [0.15, 0.2) is 0 Å². The minimum absolute atomic E-state index is 0.145. The number of halogens is 1. The average Bonchev–Trinajstić information content (AvgIpc) is 2.52. The van der Waals surface area contributed by atoms with Gasteiger partial charge in [-0.2, -0.15) is 0 Å². The van der Waals surface area contributed by atoms with Crippen molar-refractivity contribution >= 4 is 12.0 Å². The van der Waals surface area contributed by atoms with E-state index in [4.69, 9.17) is 0 Å². The molecule has 22 heavy (non-hydrogen) atoms. The second-order valence-corrected chi connectivity index (χ2v) is 5.53. The van der Waals surface area contributed by atoms with Crippen molar-refractivity contribution in [2.75, 3.05) is 0 Å². The molecule has 0 aliphatic rings. The van der Waals surface area contributed by atoms with Crippen molar-refractivity contribution in [2.45, 2.75) is 19.9 Å². The Balaban J connectivity index is 2.06. The lowest BCUT2D eigenvalue weighted by Crippen LogP contribution is -2.30. The summed E-state index contributed by atoms with van der Waals surface area (Å²) in [5, 5.41) is 2.97. The summed E-state index contributed by atoms with van der Waals surface area (Å²) in [7, 11) is 0. The molecule has 2 nitrogen and oxygen atoms in total. The van der Waals surface area contributed by atoms with Crippen molar-refractivity contribution in [1.82, 2.24) is 5.32 Å². The molecule has 114 valence electrons. The SMILES string of the molecule is CC(C)[C@@H](NC(=O)/C=C/c1ccccc1)c1ccc(F)cc1. The fraction of sp³-hybridized carbons (Fsp3) is 0.211. The summed E-state index contributed by atoms with van der Waals surface area (Å²) in [4.78, 5) is 12.1. The van der Waals surface area contributed by atoms with E-state index in [0.29, 0.717) is 0 Å². The van der Waals surface area contributed by atoms with Gasteiger partial charge in [0.2, 0.25) is 5.91 Å². The normalized spacial score (nSPS) is 12.5. The Hall–Kier alpha value is -2.42. The van der Waals surface area contributed by atoms with E-state index < -0.39 is 0 Å². The predicted octanol–water partition coefficient (Wildman–Crippen LogP) is 4.35. The molecule has 0 aliphatic carbocycles. The molecule has 1 N–H and O–H groups in total. The van der Waals surface area contributed by atoms with Crippen molar-refractivity contribution in [2.24, 2.45) is 5.92 Å². The monoisotopic (exact) mass is 297 g/mol. The molecular formula is C19H20FNO. The summed E-state index contributed by atoms with van der Waals surface area (Å²) in [6.07, 6.45) is 3.30. The van der Waals surface area contributed by atoms with Crippen molar-refractivity contribution < 1.29 is 9.18 Å². The Kier molecular flexibility index (Phi) is 5.48. The van der Waals surface area contributed by atoms with E-state index in [2.05, 4.69) is 5.32 Å². The first-order valence-electron chi connectivity index (χ1n) is 7.35. The highest BCUT2D eigenvalue weighted by atomic mass is 19.1. The van der Waals surface area contributed by atoms with Crippen LogP contribution in [0, 0.1) is 11.7 Å². The third kappa shape index (κ3) is 4.55. The second kappa shape index (κ2) is 7.55. The van der Waals surface area contributed by atoms with Crippen LogP contribution in [0.1, 0.15) is 31.0 Å². The molecule has 0 fully saturated rings. The van der Waals surface area contributed by atoms with E-state index >= 15 is 0 Å². The van der Waals surface area contributed by atoms with Crippen LogP contribution < -0.4 is 5.32 Å². The molecule has 0 heterocycles. The predicted molar refractivity (Wildman–Crippen MR) is 87.6 cm³/mol. The Morgan fingerprint density at radius 1 is 1.05 bits per heavy atom. The molecule has 1 atom stereocenters. The maximum Gasteiger partial charge on any atom is 0.244 e. The summed E-state index contributed by atoms with van der Waals surface area (Å²) in [6.45, 7) is 4.05. The quantitative estimate of drug-likeness (QED) is 0.817. The van der Waals surface area contributed by atoms with Gasteiger partial charge in [0.05, 0.1) is 6.04 Å². The van der Waals surface area contributed by atoms with E-state index in [1.165, 1.54) is 18.2 Å². The minimum atomic E-state index is -0.276. The van der Waals surface area contributed by atoms with Gasteiger partial charge >= 0.3 is 0 Å². The molecule has 1 amide bonds. The zero-order valence-electron chi connectivity index (χ0n) is 12.8. The van der Waals surface area contributed by atoms with Crippen LogP contribution in [0.4, 0.5) is 4.39 Å². The van der Waals surface area contributed by atoms with Crippen LogP contribution >= 0.6 is 0 Å². The van der Waals surface area contributed by atoms with Crippen LogP contribution in [-0.4, -0.2) is 5.91 Å². The van der Waals surface area contributed by atoms with Crippen LogP contribution in [-0.2, 0) is 4.79 Å². The summed E-state index contributed by atoms with van der Waals surface area (Å²) in [5.41, 5.74) is 1.87. The highest BCUT2D eigenvalue weighted by Crippen LogP contribution is 2.21. The van der Waals surface area contributed by atoms with Gasteiger partial charge in [-0.1, -0.05) is 56.3 Å². The molecule has 0 saturated carbocycles. The van der Waals surface area contributed by atoms with E-state index in [9.17, 15) is 9.18 Å². The number of carbonyl (C=O) groups excluding carboxylic acids is 1. The Morgan fingerprint density at radius 3 is 2.27 bits per heavy atom. The Morgan fingerprint density at radius 2 is 1.68 bits per heavy atom. The number of benzene rings is 2. The number of hydrogen-bond donors (Lipinski definition) is 1. The summed E-state index contributed by atoms with van der Waals surface area (Å²) < 4.78 is 13.0. The molecule has 0 saturated heterocycles. The maximum absolute atomic E-state index is 13.0. The number of nitrogens with one attached hydrogen (secondary N) is 1. The van der Waals surface area contributed by atoms with E-state index in [1.807, 2.05) is 44.2 Å². The second-order valence-electron chi connectivity index (χ2n) is 5.53. The first-order chi connectivity index (χ1) is 10.6. The van der Waals surface area contributed by atoms with Gasteiger partial charge in [0.25, 0.3) is 0 Å². The fourth-order valence-corrected chi connectivity index (χ4v) is 2.24. The lowest BCUT2D eigenvalue weighted by molar-refractivity contribution is -0.117. The summed E-state index contributed by atoms with van der Waals surface area (Å²) in [6, 6.07) is 15.7. The van der Waals surface area contributed by atoms with Gasteiger partial charge in [-0.25, -0.2) is 4.39 Å². The van der Waals surface area contributed by atoms with Gasteiger partial charge in [-0.15, -0.1) is 0 Å². The van der Waals surface area contributed by atoms with Crippen LogP contribution in [0.15, 0.2) is 60.7 Å². The van der Waals surface area contributed by atoms with Gasteiger partial charge in [-0.05, 0) is 35.3 Å². The topological polar surface area (TPSA) is 29.1 Å². The van der Waals surface area contributed by atoms with Gasteiger partial charge in [-0.3, -0.25) is 4.79 Å². The first kappa shape index (κ1) is 16.0. The molecular weight excluding hydrogens is 277 g/mol. The fourth-order valence-electron chi connectivity index (χ4n) is 2.24. The first-order valence-corrected chi connectivity index (χ1v) is 7.35. The average molecular weight is 297 g/mol. The summed E-state index contributed by atoms with van der Waals surface area (Å²) in [5.74, 6) is -0.229. The molecule has 2 aromatic carbocycles. The third-order valence-corrected chi connectivity index (χ3v) is 3.42. The van der Waals surface area contributed by atoms with E-state index in [0.717, 1.165) is 11.1 Å². The van der Waals surface area contributed by atoms with Crippen molar-refractivity contribution in [3.05, 3.63) is 77.6 Å². The lowest BCUT2D eigenvalue weighted by atomic mass is 9.96. The Bertz CT molecular complexity index is 632. The van der Waals surface area contributed by atoms with Gasteiger partial charge in [0, 0.05) is 6.08 Å². The van der Waals surface area contributed by atoms with Crippen molar-refractivity contribution in [1.29, 1.82) is 0 Å². The van der Waals surface area contributed by atoms with Crippen molar-refractivity contribution in [3.8, 4) is 0 Å². The Labute approximate surface area is 130 Å². The molecule has 0 spiro atoms. The standard InChI is InChI=1S/C19H20FNO/c1-14(2)19(16-9-11-17(20)12-10-16)21-18(22)13-8-15-6-4-3-5-7-15/h3-14,19H,1-2H3,(H,21,22)/b13-8+/t19-/m1/s1. The molecule has 3 heteroatoms. The number of amides is 1.